The highest BCUT2D eigenvalue weighted by Gasteiger charge is 2.29. The van der Waals surface area contributed by atoms with Crippen LogP contribution in [0, 0.1) is 18.8 Å². The molecule has 2 heteroatoms. The summed E-state index contributed by atoms with van der Waals surface area (Å²) >= 11 is 0. The summed E-state index contributed by atoms with van der Waals surface area (Å²) in [6, 6.07) is 7.97. The molecule has 0 N–H and O–H groups in total. The Morgan fingerprint density at radius 2 is 1.90 bits per heavy atom. The number of carbonyl (C=O) groups excluding carboxylic acids is 1. The van der Waals surface area contributed by atoms with Gasteiger partial charge in [-0.25, -0.2) is 0 Å². The highest BCUT2D eigenvalue weighted by molar-refractivity contribution is 5.96. The monoisotopic (exact) mass is 271 g/mol. The minimum absolute atomic E-state index is 0.291. The van der Waals surface area contributed by atoms with Gasteiger partial charge in [-0.05, 0) is 44.6 Å². The third-order valence-corrected chi connectivity index (χ3v) is 5.05. The van der Waals surface area contributed by atoms with E-state index in [9.17, 15) is 4.79 Å². The maximum Gasteiger partial charge on any atom is 0.164 e. The third kappa shape index (κ3) is 3.29. The molecule has 108 valence electrons. The molecule has 2 aliphatic rings. The number of aryl methyl sites for hydroxylation is 1. The molecular formula is C18H25NO. The molecule has 2 atom stereocenters. The van der Waals surface area contributed by atoms with Crippen LogP contribution >= 0.6 is 0 Å². The van der Waals surface area contributed by atoms with E-state index in [0.29, 0.717) is 12.2 Å². The highest BCUT2D eigenvalue weighted by atomic mass is 16.1. The third-order valence-electron chi connectivity index (χ3n) is 5.05. The number of hydrogen-bond donors (Lipinski definition) is 0. The largest absolute Gasteiger partial charge is 0.303 e. The average molecular weight is 271 g/mol. The first-order valence-corrected chi connectivity index (χ1v) is 8.03. The van der Waals surface area contributed by atoms with E-state index in [0.717, 1.165) is 23.9 Å². The molecule has 3 rings (SSSR count). The predicted octanol–water partition coefficient (Wildman–Crippen LogP) is 3.69. The van der Waals surface area contributed by atoms with Crippen molar-refractivity contribution >= 4 is 5.78 Å². The molecule has 20 heavy (non-hydrogen) atoms. The first-order chi connectivity index (χ1) is 9.70. The summed E-state index contributed by atoms with van der Waals surface area (Å²) in [7, 11) is 0. The Morgan fingerprint density at radius 3 is 2.70 bits per heavy atom. The summed E-state index contributed by atoms with van der Waals surface area (Å²) in [6.07, 6.45) is 6.30. The van der Waals surface area contributed by atoms with Gasteiger partial charge in [0.25, 0.3) is 0 Å². The van der Waals surface area contributed by atoms with Gasteiger partial charge in [0.05, 0.1) is 0 Å². The van der Waals surface area contributed by atoms with Crippen molar-refractivity contribution in [1.82, 2.24) is 4.90 Å². The maximum absolute atomic E-state index is 12.2. The van der Waals surface area contributed by atoms with Crippen LogP contribution in [0.25, 0.3) is 0 Å². The summed E-state index contributed by atoms with van der Waals surface area (Å²) < 4.78 is 0. The standard InChI is InChI=1S/C18H25NO/c1-14-2-6-17(7-3-14)18(20)9-11-19-10-8-15-4-5-16(12-15)13-19/h2-3,6-7,15-16H,4-5,8-13H2,1H3/t15-,16+/m1/s1. The van der Waals surface area contributed by atoms with Crippen LogP contribution in [0.3, 0.4) is 0 Å². The van der Waals surface area contributed by atoms with E-state index in [-0.39, 0.29) is 0 Å². The second-order valence-corrected chi connectivity index (χ2v) is 6.67. The first kappa shape index (κ1) is 13.8. The number of carbonyl (C=O) groups is 1. The fourth-order valence-electron chi connectivity index (χ4n) is 3.77. The quantitative estimate of drug-likeness (QED) is 0.778. The predicted molar refractivity (Wildman–Crippen MR) is 82.0 cm³/mol. The summed E-state index contributed by atoms with van der Waals surface area (Å²) in [5.41, 5.74) is 2.08. The van der Waals surface area contributed by atoms with Gasteiger partial charge in [-0.15, -0.1) is 0 Å². The number of Topliss-reactive ketones (excluding diaryl/α,β-unsaturated/α-hetero) is 1. The molecule has 1 saturated carbocycles. The van der Waals surface area contributed by atoms with Crippen LogP contribution < -0.4 is 0 Å². The van der Waals surface area contributed by atoms with Gasteiger partial charge in [0.2, 0.25) is 0 Å². The van der Waals surface area contributed by atoms with Crippen LogP contribution in [0.5, 0.6) is 0 Å². The van der Waals surface area contributed by atoms with Crippen LogP contribution in [0.15, 0.2) is 24.3 Å². The Hall–Kier alpha value is -1.15. The number of ketones is 1. The normalized spacial score (nSPS) is 26.4. The lowest BCUT2D eigenvalue weighted by Gasteiger charge is -2.24. The number of benzene rings is 1. The lowest BCUT2D eigenvalue weighted by atomic mass is 10.0. The minimum Gasteiger partial charge on any atom is -0.303 e. The zero-order valence-corrected chi connectivity index (χ0v) is 12.5. The molecule has 1 aliphatic carbocycles. The van der Waals surface area contributed by atoms with Crippen molar-refractivity contribution in [3.05, 3.63) is 35.4 Å². The van der Waals surface area contributed by atoms with E-state index in [4.69, 9.17) is 0 Å². The van der Waals surface area contributed by atoms with E-state index in [2.05, 4.69) is 11.8 Å². The highest BCUT2D eigenvalue weighted by Crippen LogP contribution is 2.36. The minimum atomic E-state index is 0.291. The summed E-state index contributed by atoms with van der Waals surface area (Å²) in [6.45, 7) is 5.41. The van der Waals surface area contributed by atoms with Crippen LogP contribution in [0.4, 0.5) is 0 Å². The van der Waals surface area contributed by atoms with E-state index in [1.54, 1.807) is 0 Å². The molecule has 1 aromatic rings. The van der Waals surface area contributed by atoms with Gasteiger partial charge in [-0.1, -0.05) is 36.2 Å². The van der Waals surface area contributed by atoms with E-state index < -0.39 is 0 Å². The van der Waals surface area contributed by atoms with Crippen molar-refractivity contribution in [2.45, 2.75) is 39.0 Å². The SMILES string of the molecule is Cc1ccc(C(=O)CCN2CC[C@H]3CC[C@@H](C3)C2)cc1. The fraction of sp³-hybridized carbons (Fsp3) is 0.611. The molecule has 0 spiro atoms. The van der Waals surface area contributed by atoms with Crippen molar-refractivity contribution < 1.29 is 4.79 Å². The van der Waals surface area contributed by atoms with Crippen LogP contribution in [0.1, 0.15) is 48.0 Å². The Morgan fingerprint density at radius 1 is 1.15 bits per heavy atom. The summed E-state index contributed by atoms with van der Waals surface area (Å²) in [5.74, 6) is 2.16. The molecule has 0 unspecified atom stereocenters. The summed E-state index contributed by atoms with van der Waals surface area (Å²) in [4.78, 5) is 14.7. The Labute approximate surface area is 122 Å². The van der Waals surface area contributed by atoms with Crippen LogP contribution in [-0.4, -0.2) is 30.3 Å². The van der Waals surface area contributed by atoms with Gasteiger partial charge in [0.15, 0.2) is 5.78 Å². The van der Waals surface area contributed by atoms with Crippen molar-refractivity contribution in [3.8, 4) is 0 Å². The fourth-order valence-corrected chi connectivity index (χ4v) is 3.77. The molecule has 0 aromatic heterocycles. The number of nitrogens with zero attached hydrogens (tertiary/aromatic N) is 1. The molecular weight excluding hydrogens is 246 g/mol. The zero-order chi connectivity index (χ0) is 13.9. The molecule has 1 aliphatic heterocycles. The second kappa shape index (κ2) is 6.09. The Kier molecular flexibility index (Phi) is 4.21. The van der Waals surface area contributed by atoms with E-state index in [1.165, 1.54) is 44.3 Å². The lowest BCUT2D eigenvalue weighted by Crippen LogP contribution is -2.31. The van der Waals surface area contributed by atoms with Crippen molar-refractivity contribution in [2.24, 2.45) is 11.8 Å². The molecule has 2 nitrogen and oxygen atoms in total. The molecule has 0 radical (unpaired) electrons. The molecule has 1 heterocycles. The molecule has 1 saturated heterocycles. The van der Waals surface area contributed by atoms with Crippen molar-refractivity contribution in [1.29, 1.82) is 0 Å². The number of hydrogen-bond acceptors (Lipinski definition) is 2. The first-order valence-electron chi connectivity index (χ1n) is 8.03. The van der Waals surface area contributed by atoms with Gasteiger partial charge in [0.1, 0.15) is 0 Å². The topological polar surface area (TPSA) is 20.3 Å². The van der Waals surface area contributed by atoms with Crippen molar-refractivity contribution in [3.63, 3.8) is 0 Å². The van der Waals surface area contributed by atoms with Gasteiger partial charge in [-0.3, -0.25) is 4.79 Å². The van der Waals surface area contributed by atoms with Gasteiger partial charge < -0.3 is 4.90 Å². The molecule has 1 aromatic carbocycles. The zero-order valence-electron chi connectivity index (χ0n) is 12.5. The van der Waals surface area contributed by atoms with E-state index >= 15 is 0 Å². The van der Waals surface area contributed by atoms with Crippen LogP contribution in [-0.2, 0) is 0 Å². The van der Waals surface area contributed by atoms with Crippen molar-refractivity contribution in [2.75, 3.05) is 19.6 Å². The Balaban J connectivity index is 1.51. The van der Waals surface area contributed by atoms with E-state index in [1.807, 2.05) is 24.3 Å². The van der Waals surface area contributed by atoms with Gasteiger partial charge >= 0.3 is 0 Å². The maximum atomic E-state index is 12.2. The molecule has 0 amide bonds. The Bertz CT molecular complexity index is 465. The smallest absolute Gasteiger partial charge is 0.164 e. The summed E-state index contributed by atoms with van der Waals surface area (Å²) in [5, 5.41) is 0. The number of likely N-dealkylation sites (tertiary alicyclic amines) is 1. The number of rotatable bonds is 4. The molecule has 2 bridgehead atoms. The van der Waals surface area contributed by atoms with Gasteiger partial charge in [-0.2, -0.15) is 0 Å². The van der Waals surface area contributed by atoms with Gasteiger partial charge in [0, 0.05) is 25.1 Å². The van der Waals surface area contributed by atoms with Crippen LogP contribution in [0.2, 0.25) is 0 Å². The molecule has 2 fully saturated rings. The second-order valence-electron chi connectivity index (χ2n) is 6.67. The number of fused-ring (bicyclic) bond motifs is 2. The lowest BCUT2D eigenvalue weighted by molar-refractivity contribution is 0.0960. The average Bonchev–Trinajstić information content (AvgIpc) is 2.78.